The number of carboxylic acids is 1. The number of aromatic nitrogens is 2. The van der Waals surface area contributed by atoms with Gasteiger partial charge in [0.1, 0.15) is 0 Å². The molecular weight excluding hydrogens is 274 g/mol. The molecule has 0 radical (unpaired) electrons. The molecule has 2 rings (SSSR count). The monoisotopic (exact) mass is 295 g/mol. The number of carbonyl (C=O) groups is 2. The molecule has 0 aliphatic heterocycles. The fourth-order valence-electron chi connectivity index (χ4n) is 2.45. The maximum Gasteiger partial charge on any atom is 0.307 e. The van der Waals surface area contributed by atoms with Crippen molar-refractivity contribution in [3.63, 3.8) is 0 Å². The lowest BCUT2D eigenvalue weighted by atomic mass is 10.2. The van der Waals surface area contributed by atoms with Crippen LogP contribution in [0.25, 0.3) is 0 Å². The minimum atomic E-state index is -0.894. The molecule has 2 atom stereocenters. The van der Waals surface area contributed by atoms with Gasteiger partial charge in [-0.25, -0.2) is 0 Å². The quantitative estimate of drug-likeness (QED) is 0.763. The summed E-state index contributed by atoms with van der Waals surface area (Å²) in [6.45, 7) is 5.48. The number of ether oxygens (including phenoxy) is 1. The van der Waals surface area contributed by atoms with Crippen molar-refractivity contribution in [2.75, 3.05) is 13.7 Å². The fraction of sp³-hybridized carbons (Fsp3) is 0.643. The lowest BCUT2D eigenvalue weighted by molar-refractivity contribution is -0.140. The molecule has 21 heavy (non-hydrogen) atoms. The first-order valence-corrected chi connectivity index (χ1v) is 6.98. The second-order valence-electron chi connectivity index (χ2n) is 5.37. The van der Waals surface area contributed by atoms with E-state index in [1.807, 2.05) is 18.5 Å². The molecule has 1 amide bonds. The highest BCUT2D eigenvalue weighted by Gasteiger charge is 2.48. The minimum Gasteiger partial charge on any atom is -0.481 e. The Morgan fingerprint density at radius 2 is 2.14 bits per heavy atom. The number of hydrogen-bond acceptors (Lipinski definition) is 4. The average molecular weight is 295 g/mol. The van der Waals surface area contributed by atoms with Crippen LogP contribution in [0.15, 0.2) is 0 Å². The van der Waals surface area contributed by atoms with E-state index in [2.05, 4.69) is 10.4 Å². The van der Waals surface area contributed by atoms with Crippen molar-refractivity contribution in [2.45, 2.75) is 33.4 Å². The number of nitrogens with one attached hydrogen (secondary N) is 1. The summed E-state index contributed by atoms with van der Waals surface area (Å²) < 4.78 is 6.89. The molecule has 0 bridgehead atoms. The summed E-state index contributed by atoms with van der Waals surface area (Å²) in [5.74, 6) is -1.98. The largest absolute Gasteiger partial charge is 0.481 e. The van der Waals surface area contributed by atoms with Gasteiger partial charge in [-0.15, -0.1) is 0 Å². The predicted octanol–water partition coefficient (Wildman–Crippen LogP) is 0.483. The van der Waals surface area contributed by atoms with Gasteiger partial charge in [-0.2, -0.15) is 5.10 Å². The van der Waals surface area contributed by atoms with E-state index in [9.17, 15) is 9.59 Å². The topological polar surface area (TPSA) is 93.5 Å². The number of aryl methyl sites for hydroxylation is 1. The maximum absolute atomic E-state index is 11.9. The van der Waals surface area contributed by atoms with Gasteiger partial charge in [0.25, 0.3) is 0 Å². The van der Waals surface area contributed by atoms with Gasteiger partial charge < -0.3 is 15.2 Å². The van der Waals surface area contributed by atoms with Crippen molar-refractivity contribution in [3.05, 3.63) is 17.0 Å². The van der Waals surface area contributed by atoms with E-state index in [-0.39, 0.29) is 11.8 Å². The van der Waals surface area contributed by atoms with E-state index >= 15 is 0 Å². The smallest absolute Gasteiger partial charge is 0.307 e. The Bertz CT molecular complexity index is 553. The summed E-state index contributed by atoms with van der Waals surface area (Å²) in [7, 11) is 1.64. The molecule has 1 saturated carbocycles. The first kappa shape index (κ1) is 15.5. The highest BCUT2D eigenvalue weighted by atomic mass is 16.5. The summed E-state index contributed by atoms with van der Waals surface area (Å²) in [4.78, 5) is 22.6. The van der Waals surface area contributed by atoms with Gasteiger partial charge in [0.05, 0.1) is 30.7 Å². The number of methoxy groups -OCH3 is 1. The first-order valence-electron chi connectivity index (χ1n) is 6.98. The molecule has 1 fully saturated rings. The van der Waals surface area contributed by atoms with Crippen LogP contribution in [-0.2, 0) is 27.4 Å². The summed E-state index contributed by atoms with van der Waals surface area (Å²) in [6.07, 6.45) is 0.437. The predicted molar refractivity (Wildman–Crippen MR) is 74.7 cm³/mol. The van der Waals surface area contributed by atoms with Crippen LogP contribution in [-0.4, -0.2) is 40.5 Å². The maximum atomic E-state index is 11.9. The van der Waals surface area contributed by atoms with E-state index in [0.717, 1.165) is 17.0 Å². The number of carboxylic acid groups (broad SMARTS) is 1. The highest BCUT2D eigenvalue weighted by molar-refractivity contribution is 5.89. The Morgan fingerprint density at radius 1 is 1.43 bits per heavy atom. The standard InChI is InChI=1S/C14H21N3O4/c1-8-12(9(2)17(16-8)4-5-21-3)7-15-13(18)10-6-11(10)14(19)20/h10-11H,4-7H2,1-3H3,(H,15,18)(H,19,20)/t10-,11+/m1/s1. The third-order valence-electron chi connectivity index (χ3n) is 3.92. The van der Waals surface area contributed by atoms with Crippen LogP contribution < -0.4 is 5.32 Å². The number of carbonyl (C=O) groups excluding carboxylic acids is 1. The van der Waals surface area contributed by atoms with Crippen LogP contribution in [0.3, 0.4) is 0 Å². The van der Waals surface area contributed by atoms with Gasteiger partial charge in [-0.05, 0) is 20.3 Å². The van der Waals surface area contributed by atoms with E-state index in [4.69, 9.17) is 9.84 Å². The molecule has 1 heterocycles. The minimum absolute atomic E-state index is 0.189. The Balaban J connectivity index is 1.93. The van der Waals surface area contributed by atoms with Crippen LogP contribution in [0.4, 0.5) is 0 Å². The van der Waals surface area contributed by atoms with Crippen LogP contribution in [0.2, 0.25) is 0 Å². The number of aliphatic carboxylic acids is 1. The van der Waals surface area contributed by atoms with Crippen molar-refractivity contribution in [2.24, 2.45) is 11.8 Å². The van der Waals surface area contributed by atoms with Crippen molar-refractivity contribution in [3.8, 4) is 0 Å². The van der Waals surface area contributed by atoms with Crippen LogP contribution in [0.5, 0.6) is 0 Å². The Morgan fingerprint density at radius 3 is 2.71 bits per heavy atom. The van der Waals surface area contributed by atoms with Crippen molar-refractivity contribution >= 4 is 11.9 Å². The number of rotatable bonds is 7. The highest BCUT2D eigenvalue weighted by Crippen LogP contribution is 2.38. The van der Waals surface area contributed by atoms with Crippen LogP contribution >= 0.6 is 0 Å². The molecule has 1 aromatic heterocycles. The molecule has 0 aromatic carbocycles. The summed E-state index contributed by atoms with van der Waals surface area (Å²) in [6, 6.07) is 0. The Labute approximate surface area is 123 Å². The van der Waals surface area contributed by atoms with Crippen molar-refractivity contribution in [1.29, 1.82) is 0 Å². The third kappa shape index (κ3) is 3.41. The lowest BCUT2D eigenvalue weighted by Gasteiger charge is -2.06. The van der Waals surface area contributed by atoms with E-state index < -0.39 is 11.9 Å². The van der Waals surface area contributed by atoms with Gasteiger partial charge in [0.2, 0.25) is 5.91 Å². The molecule has 0 saturated heterocycles. The normalized spacial score (nSPS) is 20.3. The molecule has 1 aliphatic carbocycles. The molecule has 2 N–H and O–H groups in total. The molecule has 116 valence electrons. The van der Waals surface area contributed by atoms with Gasteiger partial charge >= 0.3 is 5.97 Å². The van der Waals surface area contributed by atoms with Gasteiger partial charge in [0, 0.05) is 24.9 Å². The number of hydrogen-bond donors (Lipinski definition) is 2. The van der Waals surface area contributed by atoms with E-state index in [0.29, 0.717) is 26.1 Å². The Kier molecular flexibility index (Phi) is 4.62. The first-order chi connectivity index (χ1) is 9.95. The van der Waals surface area contributed by atoms with Crippen LogP contribution in [0, 0.1) is 25.7 Å². The lowest BCUT2D eigenvalue weighted by Crippen LogP contribution is -2.26. The molecular formula is C14H21N3O4. The Hall–Kier alpha value is -1.89. The second-order valence-corrected chi connectivity index (χ2v) is 5.37. The van der Waals surface area contributed by atoms with E-state index in [1.54, 1.807) is 7.11 Å². The zero-order valence-electron chi connectivity index (χ0n) is 12.5. The molecule has 7 heteroatoms. The zero-order chi connectivity index (χ0) is 15.6. The van der Waals surface area contributed by atoms with Crippen molar-refractivity contribution < 1.29 is 19.4 Å². The van der Waals surface area contributed by atoms with Gasteiger partial charge in [-0.3, -0.25) is 14.3 Å². The van der Waals surface area contributed by atoms with Gasteiger partial charge in [0.15, 0.2) is 0 Å². The van der Waals surface area contributed by atoms with Gasteiger partial charge in [-0.1, -0.05) is 0 Å². The fourth-order valence-corrected chi connectivity index (χ4v) is 2.45. The average Bonchev–Trinajstić information content (AvgIpc) is 3.19. The molecule has 0 unspecified atom stereocenters. The van der Waals surface area contributed by atoms with Crippen LogP contribution in [0.1, 0.15) is 23.4 Å². The second kappa shape index (κ2) is 6.26. The molecule has 0 spiro atoms. The third-order valence-corrected chi connectivity index (χ3v) is 3.92. The molecule has 7 nitrogen and oxygen atoms in total. The molecule has 1 aromatic rings. The van der Waals surface area contributed by atoms with E-state index in [1.165, 1.54) is 0 Å². The summed E-state index contributed by atoms with van der Waals surface area (Å²) in [5, 5.41) is 16.1. The summed E-state index contributed by atoms with van der Waals surface area (Å²) >= 11 is 0. The SMILES string of the molecule is COCCn1nc(C)c(CNC(=O)[C@@H]2C[C@@H]2C(=O)O)c1C. The zero-order valence-corrected chi connectivity index (χ0v) is 12.5. The number of nitrogens with zero attached hydrogens (tertiary/aromatic N) is 2. The van der Waals surface area contributed by atoms with Crippen molar-refractivity contribution in [1.82, 2.24) is 15.1 Å². The molecule has 1 aliphatic rings. The summed E-state index contributed by atoms with van der Waals surface area (Å²) in [5.41, 5.74) is 2.84. The number of amides is 1.